The van der Waals surface area contributed by atoms with Gasteiger partial charge in [-0.15, -0.1) is 0 Å². The number of aliphatic hydroxyl groups is 7. The molecular formula is C15H26O11. The molecule has 2 rings (SSSR count). The lowest BCUT2D eigenvalue weighted by Gasteiger charge is -2.43. The van der Waals surface area contributed by atoms with E-state index in [4.69, 9.17) is 18.9 Å². The second-order valence-corrected chi connectivity index (χ2v) is 6.18. The summed E-state index contributed by atoms with van der Waals surface area (Å²) in [5.41, 5.74) is 0. The largest absolute Gasteiger partial charge is 0.496 e. The van der Waals surface area contributed by atoms with Crippen LogP contribution in [0.2, 0.25) is 0 Å². The molecule has 7 N–H and O–H groups in total. The van der Waals surface area contributed by atoms with Gasteiger partial charge in [-0.3, -0.25) is 0 Å². The van der Waals surface area contributed by atoms with Gasteiger partial charge < -0.3 is 54.7 Å². The molecule has 0 saturated carbocycles. The molecule has 0 aromatic heterocycles. The Morgan fingerprint density at radius 3 is 2.12 bits per heavy atom. The third-order valence-corrected chi connectivity index (χ3v) is 4.37. The van der Waals surface area contributed by atoms with Crippen LogP contribution in [0.1, 0.15) is 6.92 Å². The Bertz CT molecular complexity index is 473. The Hall–Kier alpha value is -0.860. The molecule has 0 unspecified atom stereocenters. The Morgan fingerprint density at radius 2 is 1.58 bits per heavy atom. The highest BCUT2D eigenvalue weighted by Gasteiger charge is 2.59. The highest BCUT2D eigenvalue weighted by Crippen LogP contribution is 2.36. The van der Waals surface area contributed by atoms with Crippen molar-refractivity contribution in [3.8, 4) is 0 Å². The van der Waals surface area contributed by atoms with Crippen molar-refractivity contribution in [2.75, 3.05) is 19.8 Å². The van der Waals surface area contributed by atoms with E-state index in [2.05, 4.69) is 0 Å². The summed E-state index contributed by atoms with van der Waals surface area (Å²) >= 11 is 0. The quantitative estimate of drug-likeness (QED) is 0.214. The average Bonchev–Trinajstić information content (AvgIpc) is 2.87. The molecule has 11 heteroatoms. The first-order valence-corrected chi connectivity index (χ1v) is 8.17. The summed E-state index contributed by atoms with van der Waals surface area (Å²) in [5.74, 6) is -2.04. The molecule has 2 heterocycles. The predicted molar refractivity (Wildman–Crippen MR) is 82.3 cm³/mol. The van der Waals surface area contributed by atoms with E-state index in [-0.39, 0.29) is 0 Å². The maximum atomic E-state index is 10.4. The number of allylic oxidation sites excluding steroid dienone is 1. The topological polar surface area (TPSA) is 179 Å². The van der Waals surface area contributed by atoms with E-state index in [0.717, 1.165) is 0 Å². The second kappa shape index (κ2) is 8.89. The molecule has 9 atom stereocenters. The Kier molecular flexibility index (Phi) is 7.33. The van der Waals surface area contributed by atoms with Gasteiger partial charge in [-0.2, -0.15) is 0 Å². The van der Waals surface area contributed by atoms with Crippen LogP contribution < -0.4 is 0 Å². The Labute approximate surface area is 149 Å². The molecule has 11 nitrogen and oxygen atoms in total. The van der Waals surface area contributed by atoms with Gasteiger partial charge in [0.1, 0.15) is 49.3 Å². The first-order valence-electron chi connectivity index (χ1n) is 8.17. The number of aliphatic hydroxyl groups excluding tert-OH is 7. The number of hydrogen-bond donors (Lipinski definition) is 7. The molecule has 0 radical (unpaired) electrons. The SMILES string of the molecule is CC=COC[C@@]1(O[C@H]2O[C@H](CO)[C@@H](O)[C@H](O)[C@H]2O)O[C@H](CO)[C@@H](O)[C@@H]1O. The summed E-state index contributed by atoms with van der Waals surface area (Å²) in [5, 5.41) is 68.6. The van der Waals surface area contributed by atoms with Crippen molar-refractivity contribution < 1.29 is 54.7 Å². The number of hydrogen-bond acceptors (Lipinski definition) is 11. The molecule has 0 aromatic rings. The molecular weight excluding hydrogens is 356 g/mol. The van der Waals surface area contributed by atoms with Gasteiger partial charge in [0.05, 0.1) is 19.5 Å². The van der Waals surface area contributed by atoms with E-state index in [0.29, 0.717) is 0 Å². The standard InChI is InChI=1S/C15H26O11/c1-2-3-23-6-15(13(22)10(19)8(5-17)25-15)26-14-12(21)11(20)9(18)7(4-16)24-14/h2-3,7-14,16-22H,4-6H2,1H3/t7-,8-,9-,10-,11+,12-,13+,14-,15+/m1/s1. The molecule has 2 aliphatic heterocycles. The third kappa shape index (κ3) is 4.02. The van der Waals surface area contributed by atoms with Crippen molar-refractivity contribution in [2.45, 2.75) is 61.7 Å². The Balaban J connectivity index is 2.23. The zero-order valence-corrected chi connectivity index (χ0v) is 14.2. The lowest BCUT2D eigenvalue weighted by atomic mass is 9.99. The molecule has 0 spiro atoms. The second-order valence-electron chi connectivity index (χ2n) is 6.18. The van der Waals surface area contributed by atoms with Gasteiger partial charge in [0, 0.05) is 0 Å². The Morgan fingerprint density at radius 1 is 0.923 bits per heavy atom. The summed E-state index contributed by atoms with van der Waals surface area (Å²) in [6.45, 7) is -0.0661. The monoisotopic (exact) mass is 382 g/mol. The van der Waals surface area contributed by atoms with E-state index in [9.17, 15) is 35.7 Å². The maximum Gasteiger partial charge on any atom is 0.235 e. The molecule has 2 aliphatic rings. The summed E-state index contributed by atoms with van der Waals surface area (Å²) in [6, 6.07) is 0. The predicted octanol–water partition coefficient (Wildman–Crippen LogP) is -3.84. The fraction of sp³-hybridized carbons (Fsp3) is 0.867. The van der Waals surface area contributed by atoms with Gasteiger partial charge in [0.15, 0.2) is 6.29 Å². The summed E-state index contributed by atoms with van der Waals surface area (Å²) in [7, 11) is 0. The summed E-state index contributed by atoms with van der Waals surface area (Å²) < 4.78 is 21.3. The number of ether oxygens (including phenoxy) is 4. The van der Waals surface area contributed by atoms with Crippen LogP contribution in [-0.4, -0.2) is 110 Å². The highest BCUT2D eigenvalue weighted by molar-refractivity contribution is 4.99. The van der Waals surface area contributed by atoms with Gasteiger partial charge >= 0.3 is 0 Å². The zero-order chi connectivity index (χ0) is 19.5. The number of rotatable bonds is 7. The molecule has 0 bridgehead atoms. The van der Waals surface area contributed by atoms with Crippen molar-refractivity contribution in [2.24, 2.45) is 0 Å². The normalized spacial score (nSPS) is 46.8. The van der Waals surface area contributed by atoms with E-state index in [1.54, 1.807) is 13.0 Å². The third-order valence-electron chi connectivity index (χ3n) is 4.37. The van der Waals surface area contributed by atoms with E-state index >= 15 is 0 Å². The van der Waals surface area contributed by atoms with Crippen molar-refractivity contribution >= 4 is 0 Å². The van der Waals surface area contributed by atoms with Crippen LogP contribution in [0.4, 0.5) is 0 Å². The van der Waals surface area contributed by atoms with Crippen LogP contribution in [0.3, 0.4) is 0 Å². The molecule has 2 fully saturated rings. The van der Waals surface area contributed by atoms with Crippen molar-refractivity contribution in [3.05, 3.63) is 12.3 Å². The van der Waals surface area contributed by atoms with Crippen LogP contribution in [0.15, 0.2) is 12.3 Å². The summed E-state index contributed by atoms with van der Waals surface area (Å²) in [4.78, 5) is 0. The van der Waals surface area contributed by atoms with Crippen molar-refractivity contribution in [3.63, 3.8) is 0 Å². The molecule has 0 amide bonds. The van der Waals surface area contributed by atoms with Crippen LogP contribution in [0, 0.1) is 0 Å². The van der Waals surface area contributed by atoms with Gasteiger partial charge in [0.25, 0.3) is 0 Å². The molecule has 152 valence electrons. The fourth-order valence-electron chi connectivity index (χ4n) is 2.88. The molecule has 2 saturated heterocycles. The smallest absolute Gasteiger partial charge is 0.235 e. The summed E-state index contributed by atoms with van der Waals surface area (Å²) in [6.07, 6.45) is -9.46. The minimum absolute atomic E-state index is 0.443. The first-order chi connectivity index (χ1) is 12.3. The van der Waals surface area contributed by atoms with Gasteiger partial charge in [-0.1, -0.05) is 6.08 Å². The molecule has 0 aliphatic carbocycles. The first kappa shape index (κ1) is 21.4. The van der Waals surface area contributed by atoms with Crippen LogP contribution in [0.25, 0.3) is 0 Å². The van der Waals surface area contributed by atoms with Gasteiger partial charge in [-0.05, 0) is 6.92 Å². The lowest BCUT2D eigenvalue weighted by molar-refractivity contribution is -0.383. The zero-order valence-electron chi connectivity index (χ0n) is 14.2. The minimum atomic E-state index is -2.04. The van der Waals surface area contributed by atoms with Crippen LogP contribution >= 0.6 is 0 Å². The maximum absolute atomic E-state index is 10.4. The lowest BCUT2D eigenvalue weighted by Crippen LogP contribution is -2.62. The fourth-order valence-corrected chi connectivity index (χ4v) is 2.88. The van der Waals surface area contributed by atoms with E-state index in [1.165, 1.54) is 6.26 Å². The van der Waals surface area contributed by atoms with E-state index < -0.39 is 74.6 Å². The molecule has 26 heavy (non-hydrogen) atoms. The highest BCUT2D eigenvalue weighted by atomic mass is 16.8. The van der Waals surface area contributed by atoms with E-state index in [1.807, 2.05) is 0 Å². The van der Waals surface area contributed by atoms with Crippen LogP contribution in [-0.2, 0) is 18.9 Å². The van der Waals surface area contributed by atoms with Gasteiger partial charge in [0.2, 0.25) is 5.79 Å². The van der Waals surface area contributed by atoms with Crippen LogP contribution in [0.5, 0.6) is 0 Å². The minimum Gasteiger partial charge on any atom is -0.496 e. The van der Waals surface area contributed by atoms with Crippen molar-refractivity contribution in [1.29, 1.82) is 0 Å². The molecule has 0 aromatic carbocycles. The van der Waals surface area contributed by atoms with Gasteiger partial charge in [-0.25, -0.2) is 0 Å². The average molecular weight is 382 g/mol. The van der Waals surface area contributed by atoms with Crippen molar-refractivity contribution in [1.82, 2.24) is 0 Å².